The van der Waals surface area contributed by atoms with Crippen molar-refractivity contribution >= 4 is 45.5 Å². The van der Waals surface area contributed by atoms with Crippen LogP contribution in [0.1, 0.15) is 51.4 Å². The minimum absolute atomic E-state index is 0.331. The molecule has 0 amide bonds. The number of hydrogen-bond donors (Lipinski definition) is 8. The van der Waals surface area contributed by atoms with Crippen molar-refractivity contribution in [2.45, 2.75) is 51.4 Å². The maximum atomic E-state index is 12.3. The summed E-state index contributed by atoms with van der Waals surface area (Å²) in [6.45, 7) is 10.2. The van der Waals surface area contributed by atoms with Crippen molar-refractivity contribution in [3.05, 3.63) is 81.8 Å². The lowest BCUT2D eigenvalue weighted by molar-refractivity contribution is 0.331. The third-order valence-corrected chi connectivity index (χ3v) is 11.8. The molecule has 64 heavy (non-hydrogen) atoms. The van der Waals surface area contributed by atoms with Gasteiger partial charge in [-0.25, -0.2) is 0 Å². The second kappa shape index (κ2) is 24.6. The summed E-state index contributed by atoms with van der Waals surface area (Å²) in [5, 5.41) is 25.0. The summed E-state index contributed by atoms with van der Waals surface area (Å²) in [5.41, 5.74) is -1.44. The molecular weight excluding hydrogens is 825 g/mol. The van der Waals surface area contributed by atoms with Crippen LogP contribution in [0.4, 0.5) is 45.5 Å². The Morgan fingerprint density at radius 2 is 0.344 bits per heavy atom. The van der Waals surface area contributed by atoms with Crippen LogP contribution < -0.4 is 86.0 Å². The van der Waals surface area contributed by atoms with E-state index in [0.29, 0.717) is 97.9 Å². The highest BCUT2D eigenvalue weighted by Crippen LogP contribution is 2.17. The second-order valence-electron chi connectivity index (χ2n) is 17.1. The quantitative estimate of drug-likeness (QED) is 0.102. The van der Waals surface area contributed by atoms with Gasteiger partial charge in [0.1, 0.15) is 45.5 Å². The maximum Gasteiger partial charge on any atom is 0.253 e. The molecule has 0 radical (unpaired) electrons. The second-order valence-corrected chi connectivity index (χ2v) is 17.1. The average Bonchev–Trinajstić information content (AvgIpc) is 3.29. The van der Waals surface area contributed by atoms with E-state index in [2.05, 4.69) is 62.1 Å². The van der Waals surface area contributed by atoms with E-state index in [1.54, 1.807) is 0 Å². The van der Waals surface area contributed by atoms with Gasteiger partial charge in [0.25, 0.3) is 43.4 Å². The number of rotatable bonds is 0. The van der Waals surface area contributed by atoms with Gasteiger partial charge < -0.3 is 62.1 Å². The molecular formula is C44H68N12O8. The molecule has 20 nitrogen and oxygen atoms in total. The molecule has 0 saturated carbocycles. The molecule has 1 heterocycles. The van der Waals surface area contributed by atoms with Crippen molar-refractivity contribution in [2.24, 2.45) is 0 Å². The van der Waals surface area contributed by atoms with E-state index in [9.17, 15) is 38.4 Å². The van der Waals surface area contributed by atoms with Crippen LogP contribution in [0.15, 0.2) is 38.4 Å². The van der Waals surface area contributed by atoms with Crippen LogP contribution in [-0.4, -0.2) is 153 Å². The zero-order valence-corrected chi connectivity index (χ0v) is 38.0. The van der Waals surface area contributed by atoms with Gasteiger partial charge in [-0.1, -0.05) is 0 Å². The van der Waals surface area contributed by atoms with Crippen LogP contribution in [0.3, 0.4) is 0 Å². The smallest absolute Gasteiger partial charge is 0.253 e. The van der Waals surface area contributed by atoms with Gasteiger partial charge in [0, 0.05) is 52.4 Å². The molecule has 0 bridgehead atoms. The molecule has 0 aliphatic carbocycles. The molecule has 0 spiro atoms. The van der Waals surface area contributed by atoms with Crippen LogP contribution >= 0.6 is 0 Å². The first-order valence-corrected chi connectivity index (χ1v) is 22.8. The summed E-state index contributed by atoms with van der Waals surface area (Å²) in [4.78, 5) is 107. The van der Waals surface area contributed by atoms with Crippen LogP contribution in [0.2, 0.25) is 0 Å². The lowest BCUT2D eigenvalue weighted by atomic mass is 10.1. The zero-order chi connectivity index (χ0) is 46.2. The number of nitrogens with one attached hydrogen (secondary N) is 8. The van der Waals surface area contributed by atoms with Gasteiger partial charge >= 0.3 is 0 Å². The first kappa shape index (κ1) is 49.6. The molecule has 1 aliphatic rings. The Balaban J connectivity index is 1.08. The van der Waals surface area contributed by atoms with Crippen LogP contribution in [0, 0.1) is 0 Å². The monoisotopic (exact) mass is 893 g/mol. The number of hydrogen-bond acceptors (Lipinski definition) is 20. The van der Waals surface area contributed by atoms with E-state index < -0.39 is 43.4 Å². The molecule has 352 valence electrons. The molecule has 0 aromatic heterocycles. The van der Waals surface area contributed by atoms with Crippen LogP contribution in [0.5, 0.6) is 0 Å². The van der Waals surface area contributed by atoms with Crippen molar-refractivity contribution < 1.29 is 0 Å². The van der Waals surface area contributed by atoms with Gasteiger partial charge in [-0.2, -0.15) is 0 Å². The molecule has 1 aliphatic heterocycles. The molecule has 4 aromatic carbocycles. The Bertz CT molecular complexity index is 1910. The van der Waals surface area contributed by atoms with E-state index in [-0.39, 0.29) is 0 Å². The summed E-state index contributed by atoms with van der Waals surface area (Å²) in [5.74, 6) is 0. The third-order valence-electron chi connectivity index (χ3n) is 11.8. The molecule has 5 rings (SSSR count). The Morgan fingerprint density at radius 3 is 0.453 bits per heavy atom. The average molecular weight is 893 g/mol. The van der Waals surface area contributed by atoms with Crippen molar-refractivity contribution in [1.29, 1.82) is 0 Å². The van der Waals surface area contributed by atoms with E-state index >= 15 is 0 Å². The highest BCUT2D eigenvalue weighted by Gasteiger charge is 2.23. The first-order valence-electron chi connectivity index (χ1n) is 22.8. The fourth-order valence-corrected chi connectivity index (χ4v) is 7.86. The van der Waals surface area contributed by atoms with Crippen LogP contribution in [0.25, 0.3) is 0 Å². The summed E-state index contributed by atoms with van der Waals surface area (Å²) >= 11 is 0. The van der Waals surface area contributed by atoms with Gasteiger partial charge in [-0.15, -0.1) is 0 Å². The van der Waals surface area contributed by atoms with Crippen molar-refractivity contribution in [2.75, 3.05) is 175 Å². The molecule has 8 N–H and O–H groups in total. The molecule has 0 unspecified atom stereocenters. The summed E-state index contributed by atoms with van der Waals surface area (Å²) in [6, 6.07) is 0. The van der Waals surface area contributed by atoms with Crippen molar-refractivity contribution in [3.63, 3.8) is 0 Å². The van der Waals surface area contributed by atoms with Crippen molar-refractivity contribution in [1.82, 2.24) is 19.6 Å². The van der Waals surface area contributed by atoms with Gasteiger partial charge in [-0.3, -0.25) is 38.4 Å². The van der Waals surface area contributed by atoms with Gasteiger partial charge in [0.2, 0.25) is 0 Å². The lowest BCUT2D eigenvalue weighted by Gasteiger charge is -2.20. The Hall–Kier alpha value is -5.44. The maximum absolute atomic E-state index is 12.3. The minimum Gasteiger partial charge on any atom is -0.380 e. The Kier molecular flexibility index (Phi) is 19.0. The van der Waals surface area contributed by atoms with Gasteiger partial charge in [0.15, 0.2) is 0 Å². The predicted molar refractivity (Wildman–Crippen MR) is 260 cm³/mol. The van der Waals surface area contributed by atoms with Crippen LogP contribution in [-0.2, 0) is 0 Å². The van der Waals surface area contributed by atoms with Gasteiger partial charge in [-0.05, 0) is 132 Å². The number of nitrogens with zero attached hydrogens (tertiary/aromatic N) is 4. The number of fused-ring (bicyclic) bond motifs is 4. The molecule has 0 fully saturated rings. The Labute approximate surface area is 372 Å². The first-order chi connectivity index (χ1) is 30.8. The topological polar surface area (TPSA) is 246 Å². The van der Waals surface area contributed by atoms with E-state index in [0.717, 1.165) is 104 Å². The number of anilines is 8. The third kappa shape index (κ3) is 13.3. The zero-order valence-electron chi connectivity index (χ0n) is 38.0. The highest BCUT2D eigenvalue weighted by atomic mass is 16.2. The van der Waals surface area contributed by atoms with E-state index in [1.807, 2.05) is 28.2 Å². The van der Waals surface area contributed by atoms with E-state index in [4.69, 9.17) is 0 Å². The minimum atomic E-state index is -0.511. The van der Waals surface area contributed by atoms with E-state index in [1.165, 1.54) is 0 Å². The molecule has 20 heteroatoms. The highest BCUT2D eigenvalue weighted by molar-refractivity contribution is 5.76. The molecule has 4 aromatic rings. The van der Waals surface area contributed by atoms with Gasteiger partial charge in [0.05, 0.1) is 0 Å². The predicted octanol–water partition coefficient (Wildman–Crippen LogP) is -0.672. The largest absolute Gasteiger partial charge is 0.380 e. The SMILES string of the molecule is CN1CCCNc2c(c(=O)c2=O)NCCCN(C)CCCNc2c(c(=O)c2=O)NCCCN(C)CCCNc2c(c(=O)c2=O)NCCCN(C)CCCNc2c(c(=O)c2=O)NCCC1. The normalized spacial score (nSPS) is 19.3. The standard InChI is InChI=1S/C44H68N12O8/c1-53-21-5-13-45-29-31(39(59)37(29)57)47-15-7-23-54(2)25-9-17-49-33-35(43(63)41(33)61)51-19-11-27-56(4)28-12-20-52-36-34(42(62)44(36)64)50-18-10-26-55(3)24-8-16-48-32-30(38(58)40(32)60)46-14-6-22-53/h45-52H,5-28H2,1-4H3. The van der Waals surface area contributed by atoms with Crippen molar-refractivity contribution in [3.8, 4) is 0 Å². The summed E-state index contributed by atoms with van der Waals surface area (Å²) in [7, 11) is 7.97. The summed E-state index contributed by atoms with van der Waals surface area (Å²) < 4.78 is 0. The lowest BCUT2D eigenvalue weighted by Crippen LogP contribution is -2.38. The molecule has 0 saturated heterocycles. The summed E-state index contributed by atoms with van der Waals surface area (Å²) in [6.07, 6.45) is 5.98. The molecule has 0 atom stereocenters. The Morgan fingerprint density at radius 1 is 0.234 bits per heavy atom. The fourth-order valence-electron chi connectivity index (χ4n) is 7.86. The fraction of sp³-hybridized carbons (Fsp3) is 0.636.